The molecule has 8 heteroatoms. The number of hydrogen-bond acceptors (Lipinski definition) is 4. The van der Waals surface area contributed by atoms with Crippen LogP contribution in [0.1, 0.15) is 21.5 Å². The van der Waals surface area contributed by atoms with E-state index in [1.165, 1.54) is 22.6 Å². The van der Waals surface area contributed by atoms with Gasteiger partial charge in [-0.05, 0) is 85.3 Å². The third kappa shape index (κ3) is 6.88. The lowest BCUT2D eigenvalue weighted by molar-refractivity contribution is 0.102. The van der Waals surface area contributed by atoms with Crippen molar-refractivity contribution in [3.05, 3.63) is 119 Å². The topological polar surface area (TPSA) is 75.3 Å². The monoisotopic (exact) mass is 522 g/mol. The molecule has 0 bridgehead atoms. The van der Waals surface area contributed by atoms with Crippen LogP contribution in [0.3, 0.4) is 0 Å². The van der Waals surface area contributed by atoms with Crippen molar-refractivity contribution in [3.63, 3.8) is 0 Å². The number of carbonyl (C=O) groups is 1. The number of nitrogens with one attached hydrogen (secondary N) is 2. The summed E-state index contributed by atoms with van der Waals surface area (Å²) in [6, 6.07) is 28.2. The number of aryl methyl sites for hydroxylation is 1. The second kappa shape index (κ2) is 11.0. The minimum Gasteiger partial charge on any atom is -0.322 e. The van der Waals surface area contributed by atoms with Gasteiger partial charge in [-0.25, -0.2) is 8.42 Å². The van der Waals surface area contributed by atoms with Crippen molar-refractivity contribution < 1.29 is 13.2 Å². The third-order valence-electron chi connectivity index (χ3n) is 5.16. The van der Waals surface area contributed by atoms with Gasteiger partial charge in [-0.15, -0.1) is 11.8 Å². The standard InChI is InChI=1S/C27H23ClN2O3S2/c1-19-2-14-25(15-3-19)34-18-20-4-6-21(7-5-20)27(31)29-23-12-16-26(17-13-23)35(32,33)30-24-10-8-22(28)9-11-24/h2-17,30H,18H2,1H3,(H,29,31). The molecule has 4 rings (SSSR count). The highest BCUT2D eigenvalue weighted by Crippen LogP contribution is 2.24. The van der Waals surface area contributed by atoms with Crippen molar-refractivity contribution in [2.45, 2.75) is 22.5 Å². The van der Waals surface area contributed by atoms with Gasteiger partial charge in [-0.3, -0.25) is 9.52 Å². The van der Waals surface area contributed by atoms with E-state index in [4.69, 9.17) is 11.6 Å². The Morgan fingerprint density at radius 1 is 0.800 bits per heavy atom. The molecule has 35 heavy (non-hydrogen) atoms. The minimum atomic E-state index is -3.76. The van der Waals surface area contributed by atoms with E-state index in [0.29, 0.717) is 22.0 Å². The summed E-state index contributed by atoms with van der Waals surface area (Å²) in [5.74, 6) is 0.544. The first-order valence-corrected chi connectivity index (χ1v) is 13.6. The van der Waals surface area contributed by atoms with Crippen molar-refractivity contribution in [3.8, 4) is 0 Å². The smallest absolute Gasteiger partial charge is 0.261 e. The van der Waals surface area contributed by atoms with Gasteiger partial charge in [-0.2, -0.15) is 0 Å². The molecule has 0 aromatic heterocycles. The number of hydrogen-bond donors (Lipinski definition) is 2. The number of anilines is 2. The van der Waals surface area contributed by atoms with E-state index in [-0.39, 0.29) is 10.8 Å². The molecule has 1 amide bonds. The minimum absolute atomic E-state index is 0.0841. The molecule has 0 aliphatic heterocycles. The van der Waals surface area contributed by atoms with E-state index in [9.17, 15) is 13.2 Å². The molecule has 5 nitrogen and oxygen atoms in total. The number of carbonyl (C=O) groups excluding carboxylic acids is 1. The average Bonchev–Trinajstić information content (AvgIpc) is 2.85. The van der Waals surface area contributed by atoms with E-state index in [1.807, 2.05) is 12.1 Å². The van der Waals surface area contributed by atoms with Gasteiger partial charge >= 0.3 is 0 Å². The molecule has 4 aromatic rings. The molecule has 178 valence electrons. The van der Waals surface area contributed by atoms with Crippen molar-refractivity contribution in [1.29, 1.82) is 0 Å². The van der Waals surface area contributed by atoms with Crippen molar-refractivity contribution in [2.75, 3.05) is 10.0 Å². The van der Waals surface area contributed by atoms with Gasteiger partial charge in [0, 0.05) is 32.6 Å². The molecule has 0 spiro atoms. The normalized spacial score (nSPS) is 11.1. The zero-order valence-electron chi connectivity index (χ0n) is 18.9. The van der Waals surface area contributed by atoms with Crippen LogP contribution in [0.4, 0.5) is 11.4 Å². The Hall–Kier alpha value is -3.26. The molecular weight excluding hydrogens is 500 g/mol. The SMILES string of the molecule is Cc1ccc(SCc2ccc(C(=O)Nc3ccc(S(=O)(=O)Nc4ccc(Cl)cc4)cc3)cc2)cc1. The Kier molecular flexibility index (Phi) is 7.80. The zero-order chi connectivity index (χ0) is 24.8. The maximum absolute atomic E-state index is 12.6. The number of halogens is 1. The van der Waals surface area contributed by atoms with Gasteiger partial charge in [0.15, 0.2) is 0 Å². The molecule has 0 aliphatic carbocycles. The first-order chi connectivity index (χ1) is 16.8. The largest absolute Gasteiger partial charge is 0.322 e. The van der Waals surface area contributed by atoms with Crippen LogP contribution < -0.4 is 10.0 Å². The van der Waals surface area contributed by atoms with Crippen LogP contribution in [-0.4, -0.2) is 14.3 Å². The van der Waals surface area contributed by atoms with Gasteiger partial charge in [0.2, 0.25) is 0 Å². The summed E-state index contributed by atoms with van der Waals surface area (Å²) in [7, 11) is -3.76. The lowest BCUT2D eigenvalue weighted by Gasteiger charge is -2.10. The summed E-state index contributed by atoms with van der Waals surface area (Å²) in [4.78, 5) is 13.9. The summed E-state index contributed by atoms with van der Waals surface area (Å²) in [5, 5.41) is 3.32. The molecule has 0 saturated heterocycles. The first kappa shape index (κ1) is 24.9. The fourth-order valence-corrected chi connectivity index (χ4v) is 5.25. The van der Waals surface area contributed by atoms with Crippen LogP contribution >= 0.6 is 23.4 Å². The van der Waals surface area contributed by atoms with Gasteiger partial charge < -0.3 is 5.32 Å². The summed E-state index contributed by atoms with van der Waals surface area (Å²) >= 11 is 7.58. The number of thioether (sulfide) groups is 1. The van der Waals surface area contributed by atoms with E-state index in [2.05, 4.69) is 41.2 Å². The Balaban J connectivity index is 1.34. The highest BCUT2D eigenvalue weighted by atomic mass is 35.5. The van der Waals surface area contributed by atoms with Crippen LogP contribution in [0.2, 0.25) is 5.02 Å². The number of benzene rings is 4. The number of rotatable bonds is 8. The third-order valence-corrected chi connectivity index (χ3v) is 7.89. The van der Waals surface area contributed by atoms with E-state index in [1.54, 1.807) is 60.3 Å². The molecule has 0 fully saturated rings. The van der Waals surface area contributed by atoms with E-state index < -0.39 is 10.0 Å². The fourth-order valence-electron chi connectivity index (χ4n) is 3.21. The molecule has 0 heterocycles. The lowest BCUT2D eigenvalue weighted by Crippen LogP contribution is -2.14. The molecule has 0 saturated carbocycles. The Morgan fingerprint density at radius 2 is 1.40 bits per heavy atom. The van der Waals surface area contributed by atoms with Crippen LogP contribution in [0.5, 0.6) is 0 Å². The van der Waals surface area contributed by atoms with Gasteiger partial charge in [-0.1, -0.05) is 41.4 Å². The van der Waals surface area contributed by atoms with Crippen LogP contribution in [0.15, 0.2) is 107 Å². The second-order valence-electron chi connectivity index (χ2n) is 7.89. The number of amides is 1. The van der Waals surface area contributed by atoms with E-state index in [0.717, 1.165) is 11.3 Å². The quantitative estimate of drug-likeness (QED) is 0.244. The molecule has 2 N–H and O–H groups in total. The molecule has 4 aromatic carbocycles. The highest BCUT2D eigenvalue weighted by Gasteiger charge is 2.15. The van der Waals surface area contributed by atoms with Crippen LogP contribution in [-0.2, 0) is 15.8 Å². The summed E-state index contributed by atoms with van der Waals surface area (Å²) in [6.07, 6.45) is 0. The Morgan fingerprint density at radius 3 is 2.03 bits per heavy atom. The molecule has 0 atom stereocenters. The highest BCUT2D eigenvalue weighted by molar-refractivity contribution is 7.98. The van der Waals surface area contributed by atoms with E-state index >= 15 is 0 Å². The fraction of sp³-hybridized carbons (Fsp3) is 0.0741. The first-order valence-electron chi connectivity index (χ1n) is 10.8. The Labute approximate surface area is 214 Å². The molecular formula is C27H23ClN2O3S2. The zero-order valence-corrected chi connectivity index (χ0v) is 21.3. The summed E-state index contributed by atoms with van der Waals surface area (Å²) in [6.45, 7) is 2.06. The van der Waals surface area contributed by atoms with Gasteiger partial charge in [0.1, 0.15) is 0 Å². The molecule has 0 unspecified atom stereocenters. The maximum atomic E-state index is 12.6. The lowest BCUT2D eigenvalue weighted by atomic mass is 10.1. The van der Waals surface area contributed by atoms with Crippen LogP contribution in [0.25, 0.3) is 0 Å². The maximum Gasteiger partial charge on any atom is 0.261 e. The summed E-state index contributed by atoms with van der Waals surface area (Å²) in [5.41, 5.74) is 3.78. The number of sulfonamides is 1. The predicted molar refractivity (Wildman–Crippen MR) is 144 cm³/mol. The predicted octanol–water partition coefficient (Wildman–Crippen LogP) is 6.99. The van der Waals surface area contributed by atoms with Crippen molar-refractivity contribution in [1.82, 2.24) is 0 Å². The van der Waals surface area contributed by atoms with Gasteiger partial charge in [0.05, 0.1) is 4.90 Å². The van der Waals surface area contributed by atoms with Crippen LogP contribution in [0, 0.1) is 6.92 Å². The van der Waals surface area contributed by atoms with Gasteiger partial charge in [0.25, 0.3) is 15.9 Å². The van der Waals surface area contributed by atoms with Crippen molar-refractivity contribution >= 4 is 50.7 Å². The Bertz CT molecular complexity index is 1400. The molecule has 0 radical (unpaired) electrons. The summed E-state index contributed by atoms with van der Waals surface area (Å²) < 4.78 is 27.7. The van der Waals surface area contributed by atoms with Crippen molar-refractivity contribution in [2.24, 2.45) is 0 Å². The average molecular weight is 523 g/mol. The molecule has 0 aliphatic rings. The second-order valence-corrected chi connectivity index (χ2v) is 11.1.